The minimum absolute atomic E-state index is 0.367. The Morgan fingerprint density at radius 2 is 1.72 bits per heavy atom. The minimum Gasteiger partial charge on any atom is -0.315 e. The molecule has 0 saturated carbocycles. The lowest BCUT2D eigenvalue weighted by atomic mass is 10.1. The minimum atomic E-state index is -3.15. The van der Waals surface area contributed by atoms with E-state index in [4.69, 9.17) is 0 Å². The predicted octanol–water partition coefficient (Wildman–Crippen LogP) is 2.12. The molecule has 0 aromatic carbocycles. The van der Waals surface area contributed by atoms with E-state index in [1.54, 1.807) is 6.92 Å². The van der Waals surface area contributed by atoms with Gasteiger partial charge in [0.2, 0.25) is 10.0 Å². The highest BCUT2D eigenvalue weighted by molar-refractivity contribution is 7.90. The van der Waals surface area contributed by atoms with Gasteiger partial charge in [-0.1, -0.05) is 33.6 Å². The average molecular weight is 278 g/mol. The lowest BCUT2D eigenvalue weighted by Crippen LogP contribution is -2.39. The molecule has 0 aliphatic rings. The summed E-state index contributed by atoms with van der Waals surface area (Å²) in [5, 5.41) is 2.77. The molecule has 1 unspecified atom stereocenters. The van der Waals surface area contributed by atoms with Gasteiger partial charge in [0.05, 0.1) is 5.25 Å². The quantitative estimate of drug-likeness (QED) is 0.569. The van der Waals surface area contributed by atoms with E-state index in [2.05, 4.69) is 30.8 Å². The van der Waals surface area contributed by atoms with E-state index in [9.17, 15) is 8.42 Å². The van der Waals surface area contributed by atoms with Gasteiger partial charge in [-0.3, -0.25) is 0 Å². The monoisotopic (exact) mass is 278 g/mol. The number of sulfonamides is 1. The van der Waals surface area contributed by atoms with Crippen molar-refractivity contribution in [1.82, 2.24) is 10.0 Å². The molecule has 0 aromatic rings. The third-order valence-electron chi connectivity index (χ3n) is 2.90. The van der Waals surface area contributed by atoms with Crippen molar-refractivity contribution < 1.29 is 8.42 Å². The molecule has 18 heavy (non-hydrogen) atoms. The van der Waals surface area contributed by atoms with Crippen LogP contribution in [0.15, 0.2) is 0 Å². The Balaban J connectivity index is 3.78. The van der Waals surface area contributed by atoms with Crippen LogP contribution in [0.5, 0.6) is 0 Å². The van der Waals surface area contributed by atoms with Gasteiger partial charge in [0.25, 0.3) is 0 Å². The Kier molecular flexibility index (Phi) is 9.68. The molecule has 0 rings (SSSR count). The van der Waals surface area contributed by atoms with Crippen LogP contribution in [-0.4, -0.2) is 33.3 Å². The summed E-state index contributed by atoms with van der Waals surface area (Å²) in [4.78, 5) is 0. The fraction of sp³-hybridized carbons (Fsp3) is 1.00. The molecule has 4 nitrogen and oxygen atoms in total. The molecule has 0 aliphatic heterocycles. The molecule has 0 fully saturated rings. The van der Waals surface area contributed by atoms with Gasteiger partial charge in [-0.15, -0.1) is 0 Å². The van der Waals surface area contributed by atoms with Crippen molar-refractivity contribution >= 4 is 10.0 Å². The maximum atomic E-state index is 11.9. The second-order valence-corrected chi connectivity index (χ2v) is 7.53. The van der Waals surface area contributed by atoms with Crippen molar-refractivity contribution in [2.24, 2.45) is 5.92 Å². The highest BCUT2D eigenvalue weighted by Crippen LogP contribution is 2.06. The van der Waals surface area contributed by atoms with Crippen LogP contribution < -0.4 is 10.0 Å². The molecule has 0 aliphatic carbocycles. The van der Waals surface area contributed by atoms with Crippen molar-refractivity contribution in [2.45, 2.75) is 58.6 Å². The first-order chi connectivity index (χ1) is 8.40. The van der Waals surface area contributed by atoms with Crippen molar-refractivity contribution in [2.75, 3.05) is 19.6 Å². The van der Waals surface area contributed by atoms with Gasteiger partial charge in [0.15, 0.2) is 0 Å². The van der Waals surface area contributed by atoms with Gasteiger partial charge in [-0.2, -0.15) is 0 Å². The summed E-state index contributed by atoms with van der Waals surface area (Å²) in [5.74, 6) is 0.693. The first-order valence-corrected chi connectivity index (χ1v) is 8.64. The summed E-state index contributed by atoms with van der Waals surface area (Å²) in [6, 6.07) is 0. The van der Waals surface area contributed by atoms with Crippen LogP contribution in [-0.2, 0) is 10.0 Å². The van der Waals surface area contributed by atoms with Gasteiger partial charge < -0.3 is 5.32 Å². The third kappa shape index (κ3) is 8.89. The Bertz CT molecular complexity index is 289. The van der Waals surface area contributed by atoms with Crippen LogP contribution in [0.4, 0.5) is 0 Å². The van der Waals surface area contributed by atoms with Crippen LogP contribution in [0.1, 0.15) is 53.4 Å². The van der Waals surface area contributed by atoms with E-state index in [1.807, 2.05) is 0 Å². The Labute approximate surface area is 113 Å². The summed E-state index contributed by atoms with van der Waals surface area (Å²) in [5.41, 5.74) is 0. The average Bonchev–Trinajstić information content (AvgIpc) is 2.28. The molecule has 5 heteroatoms. The summed E-state index contributed by atoms with van der Waals surface area (Å²) >= 11 is 0. The van der Waals surface area contributed by atoms with E-state index in [1.165, 1.54) is 0 Å². The number of hydrogen-bond donors (Lipinski definition) is 2. The Morgan fingerprint density at radius 3 is 2.28 bits per heavy atom. The number of hydrogen-bond acceptors (Lipinski definition) is 3. The molecule has 0 bridgehead atoms. The maximum Gasteiger partial charge on any atom is 0.215 e. The number of nitrogens with one attached hydrogen (secondary N) is 2. The van der Waals surface area contributed by atoms with E-state index in [0.717, 1.165) is 32.2 Å². The second-order valence-electron chi connectivity index (χ2n) is 5.34. The van der Waals surface area contributed by atoms with E-state index in [-0.39, 0.29) is 5.25 Å². The summed E-state index contributed by atoms with van der Waals surface area (Å²) < 4.78 is 26.4. The predicted molar refractivity (Wildman–Crippen MR) is 78.2 cm³/mol. The topological polar surface area (TPSA) is 58.2 Å². The maximum absolute atomic E-state index is 11.9. The summed E-state index contributed by atoms with van der Waals surface area (Å²) in [6.07, 6.45) is 4.19. The molecule has 0 saturated heterocycles. The standard InChI is InChI=1S/C13H30N2O2S/c1-5-9-14-11-13(4)18(16,17)15-10-7-6-8-12(2)3/h12-15H,5-11H2,1-4H3. The first kappa shape index (κ1) is 17.9. The number of unbranched alkanes of at least 4 members (excludes halogenated alkanes) is 1. The SMILES string of the molecule is CCCNCC(C)S(=O)(=O)NCCCCC(C)C. The lowest BCUT2D eigenvalue weighted by molar-refractivity contribution is 0.526. The smallest absolute Gasteiger partial charge is 0.215 e. The molecule has 2 N–H and O–H groups in total. The third-order valence-corrected chi connectivity index (χ3v) is 4.73. The normalized spacial score (nSPS) is 14.1. The zero-order chi connectivity index (χ0) is 14.0. The Morgan fingerprint density at radius 1 is 1.06 bits per heavy atom. The largest absolute Gasteiger partial charge is 0.315 e. The van der Waals surface area contributed by atoms with Crippen molar-refractivity contribution in [1.29, 1.82) is 0 Å². The fourth-order valence-corrected chi connectivity index (χ4v) is 2.68. The van der Waals surface area contributed by atoms with E-state index >= 15 is 0 Å². The summed E-state index contributed by atoms with van der Waals surface area (Å²) in [6.45, 7) is 10.1. The molecule has 1 atom stereocenters. The highest BCUT2D eigenvalue weighted by atomic mass is 32.2. The first-order valence-electron chi connectivity index (χ1n) is 7.09. The van der Waals surface area contributed by atoms with Crippen molar-refractivity contribution in [3.63, 3.8) is 0 Å². The lowest BCUT2D eigenvalue weighted by Gasteiger charge is -2.14. The molecule has 0 aromatic heterocycles. The van der Waals surface area contributed by atoms with Gasteiger partial charge in [0.1, 0.15) is 0 Å². The van der Waals surface area contributed by atoms with Crippen LogP contribution in [0.25, 0.3) is 0 Å². The van der Waals surface area contributed by atoms with Gasteiger partial charge in [0, 0.05) is 13.1 Å². The molecule has 0 radical (unpaired) electrons. The highest BCUT2D eigenvalue weighted by Gasteiger charge is 2.19. The zero-order valence-electron chi connectivity index (χ0n) is 12.3. The van der Waals surface area contributed by atoms with Crippen molar-refractivity contribution in [3.05, 3.63) is 0 Å². The van der Waals surface area contributed by atoms with Crippen LogP contribution in [0, 0.1) is 5.92 Å². The molecule has 0 heterocycles. The Hall–Kier alpha value is -0.130. The van der Waals surface area contributed by atoms with Crippen LogP contribution in [0.2, 0.25) is 0 Å². The van der Waals surface area contributed by atoms with E-state index in [0.29, 0.717) is 19.0 Å². The molecular formula is C13H30N2O2S. The molecule has 0 amide bonds. The van der Waals surface area contributed by atoms with Crippen molar-refractivity contribution in [3.8, 4) is 0 Å². The molecule has 0 spiro atoms. The van der Waals surface area contributed by atoms with Gasteiger partial charge in [-0.25, -0.2) is 13.1 Å². The second kappa shape index (κ2) is 9.75. The van der Waals surface area contributed by atoms with Crippen LogP contribution in [0.3, 0.4) is 0 Å². The van der Waals surface area contributed by atoms with Crippen LogP contribution >= 0.6 is 0 Å². The fourth-order valence-electron chi connectivity index (χ4n) is 1.63. The van der Waals surface area contributed by atoms with Gasteiger partial charge in [-0.05, 0) is 32.2 Å². The van der Waals surface area contributed by atoms with Gasteiger partial charge >= 0.3 is 0 Å². The zero-order valence-corrected chi connectivity index (χ0v) is 13.1. The van der Waals surface area contributed by atoms with E-state index < -0.39 is 10.0 Å². The number of rotatable bonds is 11. The molecular weight excluding hydrogens is 248 g/mol. The summed E-state index contributed by atoms with van der Waals surface area (Å²) in [7, 11) is -3.15. The molecule has 110 valence electrons.